The van der Waals surface area contributed by atoms with Crippen molar-refractivity contribution in [3.8, 4) is 5.75 Å². The summed E-state index contributed by atoms with van der Waals surface area (Å²) in [6.45, 7) is 7.06. The van der Waals surface area contributed by atoms with E-state index in [4.69, 9.17) is 4.74 Å². The summed E-state index contributed by atoms with van der Waals surface area (Å²) in [7, 11) is -3.42. The Balaban J connectivity index is 1.82. The molecule has 1 aromatic carbocycles. The van der Waals surface area contributed by atoms with Crippen molar-refractivity contribution in [1.29, 1.82) is 0 Å². The number of nitrogens with zero attached hydrogens (tertiary/aromatic N) is 2. The molecule has 7 heteroatoms. The molecule has 0 saturated carbocycles. The predicted molar refractivity (Wildman–Crippen MR) is 81.3 cm³/mol. The Bertz CT molecular complexity index is 610. The van der Waals surface area contributed by atoms with E-state index >= 15 is 0 Å². The van der Waals surface area contributed by atoms with E-state index in [9.17, 15) is 8.42 Å². The number of anilines is 1. The van der Waals surface area contributed by atoms with Crippen molar-refractivity contribution in [3.63, 3.8) is 0 Å². The first-order chi connectivity index (χ1) is 10.1. The van der Waals surface area contributed by atoms with Gasteiger partial charge in [0.25, 0.3) is 0 Å². The van der Waals surface area contributed by atoms with E-state index in [1.54, 1.807) is 22.5 Å². The normalized spacial score (nSPS) is 20.4. The molecule has 0 unspecified atom stereocenters. The molecule has 21 heavy (non-hydrogen) atoms. The maximum atomic E-state index is 12.7. The molecule has 0 bridgehead atoms. The highest BCUT2D eigenvalue weighted by Crippen LogP contribution is 2.31. The Labute approximate surface area is 125 Å². The van der Waals surface area contributed by atoms with Crippen molar-refractivity contribution < 1.29 is 13.2 Å². The number of rotatable bonds is 3. The van der Waals surface area contributed by atoms with E-state index in [0.717, 1.165) is 31.1 Å². The van der Waals surface area contributed by atoms with E-state index in [0.29, 0.717) is 31.1 Å². The zero-order valence-corrected chi connectivity index (χ0v) is 13.0. The van der Waals surface area contributed by atoms with E-state index in [2.05, 4.69) is 17.1 Å². The molecule has 116 valence electrons. The van der Waals surface area contributed by atoms with Gasteiger partial charge in [0.2, 0.25) is 10.0 Å². The highest BCUT2D eigenvalue weighted by Gasteiger charge is 2.28. The fourth-order valence-corrected chi connectivity index (χ4v) is 4.16. The molecule has 0 radical (unpaired) electrons. The molecule has 0 aliphatic carbocycles. The SMILES string of the molecule is CCN1CCN(S(=O)(=O)c2ccc3c(c2)NCCO3)CC1. The third kappa shape index (κ3) is 2.86. The van der Waals surface area contributed by atoms with E-state index in [1.807, 2.05) is 0 Å². The summed E-state index contributed by atoms with van der Waals surface area (Å²) in [6, 6.07) is 5.04. The molecule has 1 N–H and O–H groups in total. The van der Waals surface area contributed by atoms with Crippen molar-refractivity contribution in [2.75, 3.05) is 51.2 Å². The average molecular weight is 311 g/mol. The molecule has 0 atom stereocenters. The van der Waals surface area contributed by atoms with Gasteiger partial charge in [-0.3, -0.25) is 0 Å². The van der Waals surface area contributed by atoms with Crippen molar-refractivity contribution in [2.24, 2.45) is 0 Å². The number of hydrogen-bond acceptors (Lipinski definition) is 5. The number of likely N-dealkylation sites (N-methyl/N-ethyl adjacent to an activating group) is 1. The van der Waals surface area contributed by atoms with Gasteiger partial charge >= 0.3 is 0 Å². The molecule has 0 amide bonds. The molecular formula is C14H21N3O3S. The van der Waals surface area contributed by atoms with Gasteiger partial charge in [0.05, 0.1) is 10.6 Å². The van der Waals surface area contributed by atoms with Crippen LogP contribution < -0.4 is 10.1 Å². The van der Waals surface area contributed by atoms with Crippen LogP contribution in [0, 0.1) is 0 Å². The Hall–Kier alpha value is -1.31. The van der Waals surface area contributed by atoms with Crippen molar-refractivity contribution in [3.05, 3.63) is 18.2 Å². The molecule has 1 fully saturated rings. The van der Waals surface area contributed by atoms with Gasteiger partial charge in [-0.2, -0.15) is 4.31 Å². The standard InChI is InChI=1S/C14H21N3O3S/c1-2-16-6-8-17(9-7-16)21(18,19)12-3-4-14-13(11-12)15-5-10-20-14/h3-4,11,15H,2,5-10H2,1H3. The third-order valence-electron chi connectivity index (χ3n) is 4.04. The van der Waals surface area contributed by atoms with Crippen LogP contribution in [0.25, 0.3) is 0 Å². The Morgan fingerprint density at radius 3 is 2.71 bits per heavy atom. The van der Waals surface area contributed by atoms with Crippen molar-refractivity contribution >= 4 is 15.7 Å². The van der Waals surface area contributed by atoms with Gasteiger partial charge in [0.1, 0.15) is 12.4 Å². The van der Waals surface area contributed by atoms with Gasteiger partial charge in [0, 0.05) is 32.7 Å². The lowest BCUT2D eigenvalue weighted by Gasteiger charge is -2.33. The van der Waals surface area contributed by atoms with E-state index in [1.165, 1.54) is 0 Å². The molecular weight excluding hydrogens is 290 g/mol. The first-order valence-electron chi connectivity index (χ1n) is 7.34. The molecule has 0 aromatic heterocycles. The van der Waals surface area contributed by atoms with Crippen molar-refractivity contribution in [1.82, 2.24) is 9.21 Å². The summed E-state index contributed by atoms with van der Waals surface area (Å²) < 4.78 is 32.5. The number of piperazine rings is 1. The molecule has 2 aliphatic rings. The topological polar surface area (TPSA) is 61.9 Å². The predicted octanol–water partition coefficient (Wildman–Crippen LogP) is 0.817. The molecule has 2 aliphatic heterocycles. The quantitative estimate of drug-likeness (QED) is 0.895. The first-order valence-corrected chi connectivity index (χ1v) is 8.78. The third-order valence-corrected chi connectivity index (χ3v) is 5.94. The largest absolute Gasteiger partial charge is 0.490 e. The summed E-state index contributed by atoms with van der Waals surface area (Å²) in [5.41, 5.74) is 0.759. The zero-order chi connectivity index (χ0) is 14.9. The minimum atomic E-state index is -3.42. The van der Waals surface area contributed by atoms with Crippen LogP contribution >= 0.6 is 0 Å². The fraction of sp³-hybridized carbons (Fsp3) is 0.571. The van der Waals surface area contributed by atoms with Crippen LogP contribution in [0.15, 0.2) is 23.1 Å². The Kier molecular flexibility index (Phi) is 4.05. The average Bonchev–Trinajstić information content (AvgIpc) is 2.54. The minimum absolute atomic E-state index is 0.337. The number of hydrogen-bond donors (Lipinski definition) is 1. The van der Waals surface area contributed by atoms with Crippen LogP contribution in [-0.2, 0) is 10.0 Å². The number of fused-ring (bicyclic) bond motifs is 1. The maximum Gasteiger partial charge on any atom is 0.243 e. The van der Waals surface area contributed by atoms with Crippen LogP contribution in [0.5, 0.6) is 5.75 Å². The second kappa shape index (κ2) is 5.82. The summed E-state index contributed by atoms with van der Waals surface area (Å²) in [5, 5.41) is 3.18. The minimum Gasteiger partial charge on any atom is -0.490 e. The second-order valence-corrected chi connectivity index (χ2v) is 7.21. The summed E-state index contributed by atoms with van der Waals surface area (Å²) >= 11 is 0. The number of sulfonamides is 1. The van der Waals surface area contributed by atoms with E-state index in [-0.39, 0.29) is 0 Å². The van der Waals surface area contributed by atoms with Crippen LogP contribution in [-0.4, -0.2) is 63.5 Å². The number of benzene rings is 1. The summed E-state index contributed by atoms with van der Waals surface area (Å²) in [5.74, 6) is 0.719. The lowest BCUT2D eigenvalue weighted by Crippen LogP contribution is -2.48. The van der Waals surface area contributed by atoms with Gasteiger partial charge in [-0.25, -0.2) is 8.42 Å². The zero-order valence-electron chi connectivity index (χ0n) is 12.2. The van der Waals surface area contributed by atoms with E-state index < -0.39 is 10.0 Å². The van der Waals surface area contributed by atoms with Gasteiger partial charge in [-0.05, 0) is 24.7 Å². The Morgan fingerprint density at radius 1 is 1.24 bits per heavy atom. The molecule has 1 aromatic rings. The van der Waals surface area contributed by atoms with Gasteiger partial charge < -0.3 is 15.0 Å². The van der Waals surface area contributed by atoms with Crippen LogP contribution in [0.4, 0.5) is 5.69 Å². The molecule has 6 nitrogen and oxygen atoms in total. The smallest absolute Gasteiger partial charge is 0.243 e. The number of nitrogens with one attached hydrogen (secondary N) is 1. The molecule has 2 heterocycles. The molecule has 3 rings (SSSR count). The first kappa shape index (κ1) is 14.6. The van der Waals surface area contributed by atoms with Gasteiger partial charge in [0.15, 0.2) is 0 Å². The maximum absolute atomic E-state index is 12.7. The van der Waals surface area contributed by atoms with Crippen LogP contribution in [0.3, 0.4) is 0 Å². The lowest BCUT2D eigenvalue weighted by atomic mass is 10.2. The van der Waals surface area contributed by atoms with Gasteiger partial charge in [-0.1, -0.05) is 6.92 Å². The monoisotopic (exact) mass is 311 g/mol. The Morgan fingerprint density at radius 2 is 2.00 bits per heavy atom. The lowest BCUT2D eigenvalue weighted by molar-refractivity contribution is 0.196. The van der Waals surface area contributed by atoms with Crippen molar-refractivity contribution in [2.45, 2.75) is 11.8 Å². The summed E-state index contributed by atoms with van der Waals surface area (Å²) in [6.07, 6.45) is 0. The van der Waals surface area contributed by atoms with Crippen LogP contribution in [0.1, 0.15) is 6.92 Å². The summed E-state index contributed by atoms with van der Waals surface area (Å²) in [4.78, 5) is 2.60. The molecule has 1 saturated heterocycles. The second-order valence-electron chi connectivity index (χ2n) is 5.27. The van der Waals surface area contributed by atoms with Gasteiger partial charge in [-0.15, -0.1) is 0 Å². The van der Waals surface area contributed by atoms with Crippen LogP contribution in [0.2, 0.25) is 0 Å². The highest BCUT2D eigenvalue weighted by atomic mass is 32.2. The number of ether oxygens (including phenoxy) is 1. The highest BCUT2D eigenvalue weighted by molar-refractivity contribution is 7.89. The fourth-order valence-electron chi connectivity index (χ4n) is 2.72. The molecule has 0 spiro atoms.